The lowest BCUT2D eigenvalue weighted by Gasteiger charge is -2.33. The van der Waals surface area contributed by atoms with Crippen molar-refractivity contribution in [3.05, 3.63) is 28.5 Å². The average Bonchev–Trinajstić information content (AvgIpc) is 3.62. The highest BCUT2D eigenvalue weighted by Gasteiger charge is 2.34. The van der Waals surface area contributed by atoms with Gasteiger partial charge in [0, 0.05) is 36.0 Å². The van der Waals surface area contributed by atoms with Gasteiger partial charge in [-0.25, -0.2) is 18.7 Å². The summed E-state index contributed by atoms with van der Waals surface area (Å²) in [4.78, 5) is 37.4. The zero-order valence-electron chi connectivity index (χ0n) is 21.1. The van der Waals surface area contributed by atoms with Crippen molar-refractivity contribution in [1.82, 2.24) is 20.2 Å². The molecule has 0 unspecified atom stereocenters. The van der Waals surface area contributed by atoms with Gasteiger partial charge in [0.15, 0.2) is 5.01 Å². The Labute approximate surface area is 219 Å². The monoisotopic (exact) mass is 533 g/mol. The Balaban J connectivity index is 1.52. The summed E-state index contributed by atoms with van der Waals surface area (Å²) in [5.41, 5.74) is -0.0639. The number of carbonyl (C=O) groups excluding carboxylic acids is 2. The Morgan fingerprint density at radius 3 is 2.65 bits per heavy atom. The molecule has 3 aliphatic rings. The topological polar surface area (TPSA) is 96.4 Å². The number of halogens is 2. The summed E-state index contributed by atoms with van der Waals surface area (Å²) in [6.07, 6.45) is 4.49. The number of amides is 2. The summed E-state index contributed by atoms with van der Waals surface area (Å²) in [6.45, 7) is 5.44. The van der Waals surface area contributed by atoms with Crippen LogP contribution in [0.3, 0.4) is 0 Å². The number of hydrogen-bond acceptors (Lipinski definition) is 7. The lowest BCUT2D eigenvalue weighted by Crippen LogP contribution is -2.48. The maximum Gasteiger partial charge on any atom is 0.280 e. The number of hydrogen-bond donors (Lipinski definition) is 2. The number of rotatable bonds is 9. The standard InChI is InChI=1S/C26H33F2N5O3S/c1-3-19(15-7-8-15)31-20-10-17(23(27)28)18(11-29-20)22-21(26(35)33-9-5-4-6-14(33)2)32-25(37-22)24(34)30-16-12-36-13-16/h10-11,14-16,19,23H,3-9,12-13H2,1-2H3,(H,29,31)(H,30,34)/t14-,19-/m0/s1. The molecule has 37 heavy (non-hydrogen) atoms. The summed E-state index contributed by atoms with van der Waals surface area (Å²) < 4.78 is 33.8. The Hall–Kier alpha value is -2.66. The lowest BCUT2D eigenvalue weighted by molar-refractivity contribution is -0.00346. The third kappa shape index (κ3) is 5.62. The molecule has 2 saturated heterocycles. The predicted molar refractivity (Wildman–Crippen MR) is 137 cm³/mol. The molecular formula is C26H33F2N5O3S. The average molecular weight is 534 g/mol. The van der Waals surface area contributed by atoms with E-state index < -0.39 is 12.3 Å². The number of anilines is 1. The molecular weight excluding hydrogens is 500 g/mol. The van der Waals surface area contributed by atoms with Crippen molar-refractivity contribution in [2.75, 3.05) is 25.1 Å². The van der Waals surface area contributed by atoms with Crippen molar-refractivity contribution in [2.45, 2.75) is 76.9 Å². The first-order chi connectivity index (χ1) is 17.9. The van der Waals surface area contributed by atoms with Crippen LogP contribution in [-0.2, 0) is 4.74 Å². The van der Waals surface area contributed by atoms with Crippen LogP contribution in [0.4, 0.5) is 14.6 Å². The fourth-order valence-corrected chi connectivity index (χ4v) is 6.00. The zero-order valence-corrected chi connectivity index (χ0v) is 22.0. The predicted octanol–water partition coefficient (Wildman–Crippen LogP) is 4.89. The maximum absolute atomic E-state index is 14.4. The molecule has 3 fully saturated rings. The Kier molecular flexibility index (Phi) is 7.71. The molecule has 0 bridgehead atoms. The molecule has 2 aromatic heterocycles. The highest BCUT2D eigenvalue weighted by molar-refractivity contribution is 7.17. The molecule has 0 radical (unpaired) electrons. The van der Waals surface area contributed by atoms with Gasteiger partial charge < -0.3 is 20.3 Å². The first kappa shape index (κ1) is 26.0. The number of aromatic nitrogens is 2. The molecule has 200 valence electrons. The molecule has 2 aromatic rings. The number of nitrogens with one attached hydrogen (secondary N) is 2. The molecule has 2 aliphatic heterocycles. The molecule has 0 spiro atoms. The Morgan fingerprint density at radius 1 is 1.24 bits per heavy atom. The number of pyridine rings is 1. The second-order valence-electron chi connectivity index (χ2n) is 10.2. The minimum atomic E-state index is -2.79. The van der Waals surface area contributed by atoms with Crippen molar-refractivity contribution in [3.8, 4) is 10.4 Å². The third-order valence-electron chi connectivity index (χ3n) is 7.44. The van der Waals surface area contributed by atoms with Crippen molar-refractivity contribution in [3.63, 3.8) is 0 Å². The summed E-state index contributed by atoms with van der Waals surface area (Å²) in [5, 5.41) is 6.20. The van der Waals surface area contributed by atoms with Crippen LogP contribution in [0.2, 0.25) is 0 Å². The summed E-state index contributed by atoms with van der Waals surface area (Å²) in [6, 6.07) is 1.44. The molecule has 2 N–H and O–H groups in total. The number of thiazole rings is 1. The summed E-state index contributed by atoms with van der Waals surface area (Å²) in [5.74, 6) is 0.153. The second-order valence-corrected chi connectivity index (χ2v) is 11.2. The van der Waals surface area contributed by atoms with E-state index in [-0.39, 0.29) is 50.7 Å². The van der Waals surface area contributed by atoms with Crippen LogP contribution in [0.25, 0.3) is 10.4 Å². The van der Waals surface area contributed by atoms with Gasteiger partial charge in [-0.1, -0.05) is 6.92 Å². The molecule has 4 heterocycles. The van der Waals surface area contributed by atoms with E-state index in [1.54, 1.807) is 4.90 Å². The fourth-order valence-electron chi connectivity index (χ4n) is 5.01. The third-order valence-corrected chi connectivity index (χ3v) is 8.53. The van der Waals surface area contributed by atoms with E-state index in [1.807, 2.05) is 6.92 Å². The van der Waals surface area contributed by atoms with Gasteiger partial charge in [-0.3, -0.25) is 9.59 Å². The van der Waals surface area contributed by atoms with E-state index in [0.717, 1.165) is 49.9 Å². The van der Waals surface area contributed by atoms with Gasteiger partial charge in [-0.2, -0.15) is 0 Å². The van der Waals surface area contributed by atoms with Crippen LogP contribution in [0.1, 0.15) is 84.7 Å². The number of likely N-dealkylation sites (tertiary alicyclic amines) is 1. The van der Waals surface area contributed by atoms with E-state index in [0.29, 0.717) is 31.5 Å². The molecule has 2 amide bonds. The van der Waals surface area contributed by atoms with Crippen LogP contribution in [0.15, 0.2) is 12.3 Å². The minimum Gasteiger partial charge on any atom is -0.377 e. The van der Waals surface area contributed by atoms with Gasteiger partial charge in [-0.15, -0.1) is 11.3 Å². The molecule has 1 aliphatic carbocycles. The van der Waals surface area contributed by atoms with Gasteiger partial charge in [-0.05, 0) is 57.4 Å². The number of ether oxygens (including phenoxy) is 1. The number of nitrogens with zero attached hydrogens (tertiary/aromatic N) is 3. The van der Waals surface area contributed by atoms with E-state index in [9.17, 15) is 18.4 Å². The minimum absolute atomic E-state index is 0.00729. The summed E-state index contributed by atoms with van der Waals surface area (Å²) >= 11 is 0.956. The van der Waals surface area contributed by atoms with Crippen molar-refractivity contribution in [1.29, 1.82) is 0 Å². The largest absolute Gasteiger partial charge is 0.377 e. The van der Waals surface area contributed by atoms with E-state index >= 15 is 0 Å². The first-order valence-corrected chi connectivity index (χ1v) is 13.9. The van der Waals surface area contributed by atoms with Crippen LogP contribution >= 0.6 is 11.3 Å². The Morgan fingerprint density at radius 2 is 2.03 bits per heavy atom. The molecule has 2 atom stereocenters. The number of carbonyl (C=O) groups is 2. The van der Waals surface area contributed by atoms with Gasteiger partial charge >= 0.3 is 0 Å². The van der Waals surface area contributed by atoms with Crippen LogP contribution < -0.4 is 10.6 Å². The molecule has 1 saturated carbocycles. The Bertz CT molecular complexity index is 1150. The van der Waals surface area contributed by atoms with Crippen molar-refractivity contribution >= 4 is 29.0 Å². The molecule has 5 rings (SSSR count). The van der Waals surface area contributed by atoms with E-state index in [4.69, 9.17) is 4.74 Å². The quantitative estimate of drug-likeness (QED) is 0.477. The SMILES string of the molecule is CC[C@H](Nc1cc(C(F)F)c(-c2sc(C(=O)NC3COC3)nc2C(=O)N2CCCC[C@@H]2C)cn1)C1CC1. The van der Waals surface area contributed by atoms with E-state index in [1.165, 1.54) is 12.3 Å². The van der Waals surface area contributed by atoms with Crippen molar-refractivity contribution < 1.29 is 23.1 Å². The van der Waals surface area contributed by atoms with Crippen LogP contribution in [0, 0.1) is 5.92 Å². The van der Waals surface area contributed by atoms with E-state index in [2.05, 4.69) is 27.5 Å². The summed E-state index contributed by atoms with van der Waals surface area (Å²) in [7, 11) is 0. The maximum atomic E-state index is 14.4. The van der Waals surface area contributed by atoms with Gasteiger partial charge in [0.25, 0.3) is 18.2 Å². The smallest absolute Gasteiger partial charge is 0.280 e. The van der Waals surface area contributed by atoms with Gasteiger partial charge in [0.2, 0.25) is 0 Å². The van der Waals surface area contributed by atoms with Gasteiger partial charge in [0.1, 0.15) is 11.5 Å². The molecule has 8 nitrogen and oxygen atoms in total. The second kappa shape index (κ2) is 11.0. The zero-order chi connectivity index (χ0) is 26.1. The van der Waals surface area contributed by atoms with Crippen LogP contribution in [-0.4, -0.2) is 64.6 Å². The van der Waals surface area contributed by atoms with Gasteiger partial charge in [0.05, 0.1) is 24.1 Å². The highest BCUT2D eigenvalue weighted by atomic mass is 32.1. The van der Waals surface area contributed by atoms with Crippen molar-refractivity contribution in [2.24, 2.45) is 5.92 Å². The van der Waals surface area contributed by atoms with Crippen LogP contribution in [0.5, 0.6) is 0 Å². The molecule has 0 aromatic carbocycles. The normalized spacial score (nSPS) is 21.0. The highest BCUT2D eigenvalue weighted by Crippen LogP contribution is 2.40. The fraction of sp³-hybridized carbons (Fsp3) is 0.615. The first-order valence-electron chi connectivity index (χ1n) is 13.1. The molecule has 11 heteroatoms. The lowest BCUT2D eigenvalue weighted by atomic mass is 10.0. The number of alkyl halides is 2. The number of piperidine rings is 1.